The number of benzene rings is 1. The molecule has 0 aliphatic rings. The number of hydrogen-bond donors (Lipinski definition) is 1. The van der Waals surface area contributed by atoms with Crippen LogP contribution in [0.1, 0.15) is 23.2 Å². The van der Waals surface area contributed by atoms with E-state index in [9.17, 15) is 4.79 Å². The molecule has 0 saturated carbocycles. The molecule has 0 bridgehead atoms. The van der Waals surface area contributed by atoms with Crippen molar-refractivity contribution in [3.63, 3.8) is 0 Å². The lowest BCUT2D eigenvalue weighted by atomic mass is 10.1. The summed E-state index contributed by atoms with van der Waals surface area (Å²) >= 11 is 5.93. The number of fused-ring (bicyclic) bond motifs is 1. The van der Waals surface area contributed by atoms with Crippen LogP contribution in [0.3, 0.4) is 0 Å². The Kier molecular flexibility index (Phi) is 4.38. The van der Waals surface area contributed by atoms with E-state index in [1.807, 2.05) is 24.3 Å². The first-order chi connectivity index (χ1) is 9.22. The normalized spacial score (nSPS) is 10.1. The van der Waals surface area contributed by atoms with Gasteiger partial charge in [0, 0.05) is 18.4 Å². The fourth-order valence-corrected chi connectivity index (χ4v) is 2.02. The van der Waals surface area contributed by atoms with Gasteiger partial charge in [-0.15, -0.1) is 12.3 Å². The van der Waals surface area contributed by atoms with Crippen molar-refractivity contribution in [3.8, 4) is 12.3 Å². The average Bonchev–Trinajstić information content (AvgIpc) is 2.42. The van der Waals surface area contributed by atoms with E-state index < -0.39 is 0 Å². The van der Waals surface area contributed by atoms with E-state index in [1.54, 1.807) is 6.07 Å². The summed E-state index contributed by atoms with van der Waals surface area (Å²) in [4.78, 5) is 16.3. The average molecular weight is 273 g/mol. The Morgan fingerprint density at radius 3 is 3.00 bits per heavy atom. The molecule has 0 aliphatic carbocycles. The standard InChI is InChI=1S/C15H13ClN2O/c1-2-3-6-9-17-15(19)12-10-14(16)18-13-8-5-4-7-11(12)13/h1,4-5,7-8,10H,3,6,9H2,(H,17,19). The molecule has 0 aliphatic heterocycles. The number of aromatic nitrogens is 1. The van der Waals surface area contributed by atoms with Crippen LogP contribution in [0.15, 0.2) is 30.3 Å². The molecule has 96 valence electrons. The molecule has 0 unspecified atom stereocenters. The van der Waals surface area contributed by atoms with E-state index in [0.717, 1.165) is 11.8 Å². The number of para-hydroxylation sites is 1. The quantitative estimate of drug-likeness (QED) is 0.528. The summed E-state index contributed by atoms with van der Waals surface area (Å²) < 4.78 is 0. The van der Waals surface area contributed by atoms with Crippen molar-refractivity contribution < 1.29 is 4.79 Å². The molecule has 0 fully saturated rings. The zero-order valence-electron chi connectivity index (χ0n) is 10.3. The second kappa shape index (κ2) is 6.21. The molecule has 1 aromatic carbocycles. The van der Waals surface area contributed by atoms with Crippen LogP contribution < -0.4 is 5.32 Å². The molecule has 1 amide bonds. The van der Waals surface area contributed by atoms with Crippen molar-refractivity contribution in [1.29, 1.82) is 0 Å². The second-order valence-corrected chi connectivity index (χ2v) is 4.46. The molecule has 0 spiro atoms. The van der Waals surface area contributed by atoms with Crippen molar-refractivity contribution in [2.24, 2.45) is 0 Å². The fraction of sp³-hybridized carbons (Fsp3) is 0.200. The van der Waals surface area contributed by atoms with E-state index in [0.29, 0.717) is 29.2 Å². The molecule has 0 radical (unpaired) electrons. The Hall–Kier alpha value is -2.05. The first-order valence-corrected chi connectivity index (χ1v) is 6.37. The maximum atomic E-state index is 12.1. The van der Waals surface area contributed by atoms with Crippen LogP contribution >= 0.6 is 11.6 Å². The summed E-state index contributed by atoms with van der Waals surface area (Å²) in [5.74, 6) is 2.38. The van der Waals surface area contributed by atoms with Gasteiger partial charge in [0.15, 0.2) is 0 Å². The molecule has 1 N–H and O–H groups in total. The number of carbonyl (C=O) groups is 1. The number of nitrogens with zero attached hydrogens (tertiary/aromatic N) is 1. The van der Waals surface area contributed by atoms with E-state index >= 15 is 0 Å². The molecule has 1 heterocycles. The van der Waals surface area contributed by atoms with Gasteiger partial charge in [0.1, 0.15) is 5.15 Å². The van der Waals surface area contributed by atoms with E-state index in [4.69, 9.17) is 18.0 Å². The molecule has 3 nitrogen and oxygen atoms in total. The minimum atomic E-state index is -0.155. The van der Waals surface area contributed by atoms with Crippen LogP contribution in [0.5, 0.6) is 0 Å². The van der Waals surface area contributed by atoms with E-state index in [1.165, 1.54) is 0 Å². The van der Waals surface area contributed by atoms with Crippen LogP contribution in [0.25, 0.3) is 10.9 Å². The van der Waals surface area contributed by atoms with Crippen molar-refractivity contribution in [1.82, 2.24) is 10.3 Å². The molecular formula is C15H13ClN2O. The molecular weight excluding hydrogens is 260 g/mol. The summed E-state index contributed by atoms with van der Waals surface area (Å²) in [6.45, 7) is 0.553. The summed E-state index contributed by atoms with van der Waals surface area (Å²) in [5, 5.41) is 3.94. The van der Waals surface area contributed by atoms with Crippen LogP contribution in [-0.4, -0.2) is 17.4 Å². The van der Waals surface area contributed by atoms with Crippen LogP contribution in [0, 0.1) is 12.3 Å². The number of halogens is 1. The number of unbranched alkanes of at least 4 members (excludes halogenated alkanes) is 1. The first-order valence-electron chi connectivity index (χ1n) is 5.99. The third kappa shape index (κ3) is 3.24. The Morgan fingerprint density at radius 1 is 1.42 bits per heavy atom. The Balaban J connectivity index is 2.24. The molecule has 4 heteroatoms. The SMILES string of the molecule is C#CCCCNC(=O)c1cc(Cl)nc2ccccc12. The van der Waals surface area contributed by atoms with Gasteiger partial charge in [0.05, 0.1) is 11.1 Å². The lowest BCUT2D eigenvalue weighted by Crippen LogP contribution is -2.24. The van der Waals surface area contributed by atoms with Crippen molar-refractivity contribution in [2.75, 3.05) is 6.54 Å². The number of nitrogens with one attached hydrogen (secondary N) is 1. The fourth-order valence-electron chi connectivity index (χ4n) is 1.82. The van der Waals surface area contributed by atoms with Gasteiger partial charge in [0.2, 0.25) is 0 Å². The number of carbonyl (C=O) groups excluding carboxylic acids is 1. The predicted molar refractivity (Wildman–Crippen MR) is 77.2 cm³/mol. The van der Waals surface area contributed by atoms with Gasteiger partial charge in [-0.05, 0) is 18.6 Å². The Bertz CT molecular complexity index is 646. The monoisotopic (exact) mass is 272 g/mol. The van der Waals surface area contributed by atoms with Crippen LogP contribution in [-0.2, 0) is 0 Å². The van der Waals surface area contributed by atoms with Crippen molar-refractivity contribution >= 4 is 28.4 Å². The molecule has 0 atom stereocenters. The zero-order chi connectivity index (χ0) is 13.7. The smallest absolute Gasteiger partial charge is 0.252 e. The van der Waals surface area contributed by atoms with Crippen molar-refractivity contribution in [2.45, 2.75) is 12.8 Å². The molecule has 0 saturated heterocycles. The maximum absolute atomic E-state index is 12.1. The lowest BCUT2D eigenvalue weighted by Gasteiger charge is -2.07. The number of amides is 1. The predicted octanol–water partition coefficient (Wildman–Crippen LogP) is 3.03. The molecule has 1 aromatic heterocycles. The van der Waals surface area contributed by atoms with E-state index in [2.05, 4.69) is 16.2 Å². The topological polar surface area (TPSA) is 42.0 Å². The molecule has 2 rings (SSSR count). The Labute approximate surface area is 117 Å². The summed E-state index contributed by atoms with van der Waals surface area (Å²) in [5.41, 5.74) is 1.25. The highest BCUT2D eigenvalue weighted by molar-refractivity contribution is 6.30. The van der Waals surface area contributed by atoms with Gasteiger partial charge in [-0.3, -0.25) is 4.79 Å². The highest BCUT2D eigenvalue weighted by Crippen LogP contribution is 2.20. The van der Waals surface area contributed by atoms with Crippen LogP contribution in [0.4, 0.5) is 0 Å². The van der Waals surface area contributed by atoms with Gasteiger partial charge in [-0.25, -0.2) is 4.98 Å². The van der Waals surface area contributed by atoms with Crippen LogP contribution in [0.2, 0.25) is 5.15 Å². The second-order valence-electron chi connectivity index (χ2n) is 4.07. The first kappa shape index (κ1) is 13.4. The van der Waals surface area contributed by atoms with E-state index in [-0.39, 0.29) is 5.91 Å². The third-order valence-electron chi connectivity index (χ3n) is 2.71. The Morgan fingerprint density at radius 2 is 2.21 bits per heavy atom. The minimum Gasteiger partial charge on any atom is -0.352 e. The number of rotatable bonds is 4. The summed E-state index contributed by atoms with van der Waals surface area (Å²) in [7, 11) is 0. The van der Waals surface area contributed by atoms with Gasteiger partial charge in [-0.2, -0.15) is 0 Å². The lowest BCUT2D eigenvalue weighted by molar-refractivity contribution is 0.0955. The largest absolute Gasteiger partial charge is 0.352 e. The van der Waals surface area contributed by atoms with Gasteiger partial charge >= 0.3 is 0 Å². The summed E-state index contributed by atoms with van der Waals surface area (Å²) in [6, 6.07) is 9.00. The minimum absolute atomic E-state index is 0.155. The number of pyridine rings is 1. The maximum Gasteiger partial charge on any atom is 0.252 e. The zero-order valence-corrected chi connectivity index (χ0v) is 11.1. The van der Waals surface area contributed by atoms with Gasteiger partial charge < -0.3 is 5.32 Å². The third-order valence-corrected chi connectivity index (χ3v) is 2.91. The highest BCUT2D eigenvalue weighted by atomic mass is 35.5. The van der Waals surface area contributed by atoms with Gasteiger partial charge in [-0.1, -0.05) is 29.8 Å². The molecule has 2 aromatic rings. The highest BCUT2D eigenvalue weighted by Gasteiger charge is 2.11. The van der Waals surface area contributed by atoms with Gasteiger partial charge in [0.25, 0.3) is 5.91 Å². The summed E-state index contributed by atoms with van der Waals surface area (Å²) in [6.07, 6.45) is 6.58. The molecule has 19 heavy (non-hydrogen) atoms. The van der Waals surface area contributed by atoms with Crippen molar-refractivity contribution in [3.05, 3.63) is 41.0 Å². The number of hydrogen-bond acceptors (Lipinski definition) is 2. The number of terminal acetylenes is 1.